The van der Waals surface area contributed by atoms with Gasteiger partial charge in [0, 0.05) is 10.8 Å². The van der Waals surface area contributed by atoms with Crippen LogP contribution in [-0.4, -0.2) is 13.2 Å². The lowest BCUT2D eigenvalue weighted by molar-refractivity contribution is -0.0351. The zero-order valence-electron chi connectivity index (χ0n) is 8.61. The highest BCUT2D eigenvalue weighted by molar-refractivity contribution is 7.11. The number of aryl methyl sites for hydroxylation is 1. The van der Waals surface area contributed by atoms with E-state index in [1.807, 2.05) is 11.3 Å². The predicted molar refractivity (Wildman–Crippen MR) is 64.5 cm³/mol. The molecule has 1 aromatic heterocycles. The molecule has 1 saturated heterocycles. The summed E-state index contributed by atoms with van der Waals surface area (Å²) in [7, 11) is 0. The number of ether oxygens (including phenoxy) is 1. The maximum absolute atomic E-state index is 5.20. The van der Waals surface area contributed by atoms with Gasteiger partial charge < -0.3 is 4.74 Å². The average Bonchev–Trinajstić information content (AvgIpc) is 2.60. The van der Waals surface area contributed by atoms with Crippen molar-refractivity contribution in [1.82, 2.24) is 0 Å². The lowest BCUT2D eigenvalue weighted by Gasteiger charge is -2.25. The summed E-state index contributed by atoms with van der Waals surface area (Å²) in [5, 5.41) is 5.10. The molecular formula is C13H14OS. The molecule has 0 saturated carbocycles. The van der Waals surface area contributed by atoms with Crippen molar-refractivity contribution < 1.29 is 4.74 Å². The Bertz CT molecular complexity index is 456. The number of benzene rings is 1. The van der Waals surface area contributed by atoms with E-state index in [1.54, 1.807) is 0 Å². The van der Waals surface area contributed by atoms with Crippen LogP contribution in [0.4, 0.5) is 0 Å². The van der Waals surface area contributed by atoms with Crippen LogP contribution in [0.2, 0.25) is 0 Å². The van der Waals surface area contributed by atoms with Crippen molar-refractivity contribution in [2.24, 2.45) is 5.92 Å². The normalized spacial score (nSPS) is 16.8. The molecule has 0 unspecified atom stereocenters. The maximum atomic E-state index is 5.20. The molecule has 2 aromatic rings. The van der Waals surface area contributed by atoms with Crippen LogP contribution in [0.1, 0.15) is 11.3 Å². The molecule has 2 heterocycles. The van der Waals surface area contributed by atoms with E-state index in [-0.39, 0.29) is 0 Å². The minimum atomic E-state index is 0.811. The number of hydrogen-bond acceptors (Lipinski definition) is 2. The fourth-order valence-corrected chi connectivity index (χ4v) is 3.06. The van der Waals surface area contributed by atoms with Crippen molar-refractivity contribution in [1.29, 1.82) is 0 Å². The van der Waals surface area contributed by atoms with E-state index in [1.165, 1.54) is 28.5 Å². The van der Waals surface area contributed by atoms with Gasteiger partial charge in [-0.2, -0.15) is 0 Å². The molecular weight excluding hydrogens is 204 g/mol. The highest BCUT2D eigenvalue weighted by atomic mass is 32.1. The molecule has 78 valence electrons. The van der Waals surface area contributed by atoms with Crippen LogP contribution in [0.25, 0.3) is 10.8 Å². The first-order valence-corrected chi connectivity index (χ1v) is 6.34. The van der Waals surface area contributed by atoms with Gasteiger partial charge in [0.2, 0.25) is 0 Å². The summed E-state index contributed by atoms with van der Waals surface area (Å²) in [6.07, 6.45) is 2.50. The summed E-state index contributed by atoms with van der Waals surface area (Å²) in [4.78, 5) is 1.54. The molecule has 0 radical (unpaired) electrons. The Balaban J connectivity index is 1.78. The molecule has 1 nitrogen and oxygen atoms in total. The number of fused-ring (bicyclic) bond motifs is 1. The number of rotatable bonds is 3. The molecule has 0 aliphatic carbocycles. The largest absolute Gasteiger partial charge is 0.381 e. The number of thiophene rings is 1. The van der Waals surface area contributed by atoms with Crippen molar-refractivity contribution in [3.05, 3.63) is 34.5 Å². The van der Waals surface area contributed by atoms with Crippen molar-refractivity contribution in [2.75, 3.05) is 13.2 Å². The highest BCUT2D eigenvalue weighted by Crippen LogP contribution is 2.28. The van der Waals surface area contributed by atoms with Gasteiger partial charge in [0.1, 0.15) is 0 Å². The molecule has 1 aliphatic rings. The molecule has 0 spiro atoms. The molecule has 1 fully saturated rings. The van der Waals surface area contributed by atoms with Crippen LogP contribution >= 0.6 is 11.3 Å². The first-order chi connectivity index (χ1) is 7.43. The van der Waals surface area contributed by atoms with E-state index in [0.717, 1.165) is 19.1 Å². The zero-order valence-corrected chi connectivity index (χ0v) is 9.43. The van der Waals surface area contributed by atoms with E-state index >= 15 is 0 Å². The smallest absolute Gasteiger partial charge is 0.0516 e. The lowest BCUT2D eigenvalue weighted by Crippen LogP contribution is -2.27. The predicted octanol–water partition coefficient (Wildman–Crippen LogP) is 3.48. The average molecular weight is 218 g/mol. The Labute approximate surface area is 93.7 Å². The van der Waals surface area contributed by atoms with E-state index in [9.17, 15) is 0 Å². The van der Waals surface area contributed by atoms with Crippen molar-refractivity contribution in [2.45, 2.75) is 12.8 Å². The maximum Gasteiger partial charge on any atom is 0.0516 e. The van der Waals surface area contributed by atoms with Crippen molar-refractivity contribution >= 4 is 22.1 Å². The third-order valence-electron chi connectivity index (χ3n) is 3.08. The van der Waals surface area contributed by atoms with Gasteiger partial charge in [-0.15, -0.1) is 11.3 Å². The van der Waals surface area contributed by atoms with Crippen LogP contribution in [0.15, 0.2) is 29.6 Å². The standard InChI is InChI=1S/C13H14OS/c1-2-4-12-11(3-1)9-15-13(12)6-5-10-7-14-8-10/h1-4,9-10H,5-8H2. The van der Waals surface area contributed by atoms with E-state index in [4.69, 9.17) is 4.74 Å². The van der Waals surface area contributed by atoms with Gasteiger partial charge >= 0.3 is 0 Å². The van der Waals surface area contributed by atoms with Crippen molar-refractivity contribution in [3.8, 4) is 0 Å². The van der Waals surface area contributed by atoms with E-state index < -0.39 is 0 Å². The molecule has 1 aliphatic heterocycles. The first-order valence-electron chi connectivity index (χ1n) is 5.46. The van der Waals surface area contributed by atoms with Crippen LogP contribution in [0.3, 0.4) is 0 Å². The van der Waals surface area contributed by atoms with Crippen LogP contribution in [0.5, 0.6) is 0 Å². The minimum Gasteiger partial charge on any atom is -0.381 e. The molecule has 3 rings (SSSR count). The van der Waals surface area contributed by atoms with E-state index in [0.29, 0.717) is 0 Å². The fourth-order valence-electron chi connectivity index (χ4n) is 2.03. The van der Waals surface area contributed by atoms with Crippen molar-refractivity contribution in [3.63, 3.8) is 0 Å². The van der Waals surface area contributed by atoms with Crippen LogP contribution in [-0.2, 0) is 11.2 Å². The molecule has 2 heteroatoms. The highest BCUT2D eigenvalue weighted by Gasteiger charge is 2.18. The van der Waals surface area contributed by atoms with Gasteiger partial charge in [0.25, 0.3) is 0 Å². The van der Waals surface area contributed by atoms with Gasteiger partial charge in [-0.05, 0) is 29.0 Å². The summed E-state index contributed by atoms with van der Waals surface area (Å²) < 4.78 is 5.20. The van der Waals surface area contributed by atoms with Crippen LogP contribution in [0, 0.1) is 5.92 Å². The monoisotopic (exact) mass is 218 g/mol. The molecule has 0 atom stereocenters. The Morgan fingerprint density at radius 1 is 1.27 bits per heavy atom. The fraction of sp³-hybridized carbons (Fsp3) is 0.385. The second kappa shape index (κ2) is 3.95. The Hall–Kier alpha value is -0.860. The van der Waals surface area contributed by atoms with Gasteiger partial charge in [0.15, 0.2) is 0 Å². The summed E-state index contributed by atoms with van der Waals surface area (Å²) in [6.45, 7) is 1.95. The molecule has 0 bridgehead atoms. The molecule has 1 aromatic carbocycles. The second-order valence-electron chi connectivity index (χ2n) is 4.19. The summed E-state index contributed by atoms with van der Waals surface area (Å²) in [6, 6.07) is 8.67. The summed E-state index contributed by atoms with van der Waals surface area (Å²) in [5.41, 5.74) is 0. The Morgan fingerprint density at radius 2 is 2.13 bits per heavy atom. The SMILES string of the molecule is c1ccc2c(CCC3COC3)scc2c1. The molecule has 15 heavy (non-hydrogen) atoms. The number of hydrogen-bond donors (Lipinski definition) is 0. The van der Waals surface area contributed by atoms with Gasteiger partial charge in [-0.25, -0.2) is 0 Å². The molecule has 0 amide bonds. The minimum absolute atomic E-state index is 0.811. The third-order valence-corrected chi connectivity index (χ3v) is 4.16. The molecule has 0 N–H and O–H groups in total. The van der Waals surface area contributed by atoms with Gasteiger partial charge in [0.05, 0.1) is 13.2 Å². The summed E-state index contributed by atoms with van der Waals surface area (Å²) in [5.74, 6) is 0.811. The topological polar surface area (TPSA) is 9.23 Å². The summed E-state index contributed by atoms with van der Waals surface area (Å²) >= 11 is 1.90. The van der Waals surface area contributed by atoms with Gasteiger partial charge in [-0.1, -0.05) is 24.3 Å². The Morgan fingerprint density at radius 3 is 2.93 bits per heavy atom. The third kappa shape index (κ3) is 1.80. The first kappa shape index (κ1) is 9.37. The van der Waals surface area contributed by atoms with Gasteiger partial charge in [-0.3, -0.25) is 0 Å². The second-order valence-corrected chi connectivity index (χ2v) is 5.15. The quantitative estimate of drug-likeness (QED) is 0.766. The Kier molecular flexibility index (Phi) is 2.47. The van der Waals surface area contributed by atoms with E-state index in [2.05, 4.69) is 29.6 Å². The van der Waals surface area contributed by atoms with Crippen LogP contribution < -0.4 is 0 Å². The lowest BCUT2D eigenvalue weighted by atomic mass is 10.0. The zero-order chi connectivity index (χ0) is 10.1.